The SMILES string of the molecule is COc1ncc(-c2cccc(N(CC3CCC(c4ccc(OC)c(C)c4)CC3)C(=O)C3CCC(NC(=O)OC(C)(C)C)CC3)c2)s1. The van der Waals surface area contributed by atoms with E-state index >= 15 is 0 Å². The Morgan fingerprint density at radius 2 is 1.70 bits per heavy atom. The van der Waals surface area contributed by atoms with Crippen molar-refractivity contribution in [3.63, 3.8) is 0 Å². The van der Waals surface area contributed by atoms with E-state index in [4.69, 9.17) is 14.2 Å². The Morgan fingerprint density at radius 1 is 0.957 bits per heavy atom. The van der Waals surface area contributed by atoms with Gasteiger partial charge in [0.15, 0.2) is 0 Å². The lowest BCUT2D eigenvalue weighted by Crippen LogP contribution is -2.45. The monoisotopic (exact) mass is 647 g/mol. The van der Waals surface area contributed by atoms with Crippen molar-refractivity contribution in [3.8, 4) is 21.4 Å². The molecule has 8 nitrogen and oxygen atoms in total. The lowest BCUT2D eigenvalue weighted by Gasteiger charge is -2.36. The first-order valence-corrected chi connectivity index (χ1v) is 17.4. The van der Waals surface area contributed by atoms with Gasteiger partial charge < -0.3 is 24.4 Å². The van der Waals surface area contributed by atoms with E-state index in [1.807, 2.05) is 33.0 Å². The molecule has 0 unspecified atom stereocenters. The fourth-order valence-corrected chi connectivity index (χ4v) is 7.63. The first-order chi connectivity index (χ1) is 22.0. The van der Waals surface area contributed by atoms with Crippen LogP contribution in [0.2, 0.25) is 0 Å². The zero-order valence-corrected chi connectivity index (χ0v) is 29.0. The number of alkyl carbamates (subject to hydrolysis) is 1. The Bertz CT molecular complexity index is 1480. The highest BCUT2D eigenvalue weighted by molar-refractivity contribution is 7.16. The predicted molar refractivity (Wildman–Crippen MR) is 184 cm³/mol. The molecular weight excluding hydrogens is 598 g/mol. The predicted octanol–water partition coefficient (Wildman–Crippen LogP) is 8.53. The molecule has 2 aromatic carbocycles. The number of aryl methyl sites for hydroxylation is 1. The number of nitrogens with one attached hydrogen (secondary N) is 1. The summed E-state index contributed by atoms with van der Waals surface area (Å²) in [7, 11) is 3.35. The molecule has 0 spiro atoms. The summed E-state index contributed by atoms with van der Waals surface area (Å²) in [6, 6.07) is 14.9. The zero-order chi connectivity index (χ0) is 32.8. The van der Waals surface area contributed by atoms with Crippen LogP contribution in [-0.4, -0.2) is 49.4 Å². The van der Waals surface area contributed by atoms with Gasteiger partial charge in [0.1, 0.15) is 11.4 Å². The van der Waals surface area contributed by atoms with Crippen molar-refractivity contribution in [1.29, 1.82) is 0 Å². The Morgan fingerprint density at radius 3 is 2.33 bits per heavy atom. The standard InChI is InChI=1S/C37H49N3O5S/c1-24-20-28(16-19-32(24)43-5)26-12-10-25(11-13-26)23-40(31-9-7-8-29(21-31)33-22-38-36(44-6)46-33)34(41)27-14-17-30(18-15-27)39-35(42)45-37(2,3)4/h7-9,16,19-22,25-27,30H,10-15,17-18,23H2,1-6H3,(H,39,42). The molecule has 5 rings (SSSR count). The number of methoxy groups -OCH3 is 2. The van der Waals surface area contributed by atoms with E-state index in [1.165, 1.54) is 22.5 Å². The van der Waals surface area contributed by atoms with Crippen molar-refractivity contribution in [1.82, 2.24) is 10.3 Å². The van der Waals surface area contributed by atoms with Crippen LogP contribution in [0, 0.1) is 18.8 Å². The number of hydrogen-bond acceptors (Lipinski definition) is 7. The first kappa shape index (κ1) is 33.8. The van der Waals surface area contributed by atoms with Gasteiger partial charge in [-0.1, -0.05) is 35.6 Å². The number of thiazole rings is 1. The molecule has 2 aliphatic carbocycles. The van der Waals surface area contributed by atoms with Gasteiger partial charge >= 0.3 is 6.09 Å². The summed E-state index contributed by atoms with van der Waals surface area (Å²) in [4.78, 5) is 34.1. The molecule has 0 atom stereocenters. The smallest absolute Gasteiger partial charge is 0.407 e. The van der Waals surface area contributed by atoms with Crippen LogP contribution in [0.3, 0.4) is 0 Å². The van der Waals surface area contributed by atoms with Gasteiger partial charge in [0.05, 0.1) is 19.1 Å². The Balaban J connectivity index is 1.29. The van der Waals surface area contributed by atoms with Crippen LogP contribution in [0.15, 0.2) is 48.7 Å². The molecule has 2 aliphatic rings. The second-order valence-electron chi connectivity index (χ2n) is 13.8. The second kappa shape index (κ2) is 14.9. The van der Waals surface area contributed by atoms with Gasteiger partial charge in [0.2, 0.25) is 5.91 Å². The number of rotatable bonds is 9. The maximum Gasteiger partial charge on any atom is 0.407 e. The maximum absolute atomic E-state index is 14.3. The highest BCUT2D eigenvalue weighted by Gasteiger charge is 2.34. The Kier molecular flexibility index (Phi) is 10.9. The van der Waals surface area contributed by atoms with Crippen molar-refractivity contribution in [3.05, 3.63) is 59.8 Å². The van der Waals surface area contributed by atoms with Crippen LogP contribution in [-0.2, 0) is 9.53 Å². The van der Waals surface area contributed by atoms with Crippen molar-refractivity contribution < 1.29 is 23.8 Å². The first-order valence-electron chi connectivity index (χ1n) is 16.6. The largest absolute Gasteiger partial charge is 0.496 e. The van der Waals surface area contributed by atoms with Gasteiger partial charge in [0.25, 0.3) is 5.19 Å². The highest BCUT2D eigenvalue weighted by Crippen LogP contribution is 2.39. The lowest BCUT2D eigenvalue weighted by molar-refractivity contribution is -0.123. The number of hydrogen-bond donors (Lipinski definition) is 1. The maximum atomic E-state index is 14.3. The van der Waals surface area contributed by atoms with E-state index < -0.39 is 5.60 Å². The van der Waals surface area contributed by atoms with Crippen molar-refractivity contribution >= 4 is 29.0 Å². The summed E-state index contributed by atoms with van der Waals surface area (Å²) in [5.41, 5.74) is 3.97. The number of benzene rings is 2. The number of carbonyl (C=O) groups excluding carboxylic acids is 2. The van der Waals surface area contributed by atoms with Crippen molar-refractivity contribution in [2.45, 2.75) is 96.6 Å². The van der Waals surface area contributed by atoms with Gasteiger partial charge in [0, 0.05) is 30.4 Å². The third kappa shape index (κ3) is 8.60. The number of ether oxygens (including phenoxy) is 3. The fraction of sp³-hybridized carbons (Fsp3) is 0.541. The lowest BCUT2D eigenvalue weighted by atomic mass is 9.78. The number of nitrogens with zero attached hydrogens (tertiary/aromatic N) is 2. The van der Waals surface area contributed by atoms with Gasteiger partial charge in [-0.15, -0.1) is 0 Å². The van der Waals surface area contributed by atoms with Crippen molar-refractivity contribution in [2.75, 3.05) is 25.7 Å². The quantitative estimate of drug-likeness (QED) is 0.250. The van der Waals surface area contributed by atoms with Gasteiger partial charge in [-0.2, -0.15) is 0 Å². The summed E-state index contributed by atoms with van der Waals surface area (Å²) in [5.74, 6) is 1.99. The molecule has 248 valence electrons. The van der Waals surface area contributed by atoms with E-state index in [-0.39, 0.29) is 24.0 Å². The number of carbonyl (C=O) groups is 2. The molecule has 0 saturated heterocycles. The summed E-state index contributed by atoms with van der Waals surface area (Å²) < 4.78 is 16.3. The molecule has 0 radical (unpaired) electrons. The minimum atomic E-state index is -0.538. The summed E-state index contributed by atoms with van der Waals surface area (Å²) in [6.07, 6.45) is 8.83. The average molecular weight is 648 g/mol. The number of aromatic nitrogens is 1. The minimum absolute atomic E-state index is 0.0221. The van der Waals surface area contributed by atoms with Crippen LogP contribution in [0.1, 0.15) is 89.2 Å². The minimum Gasteiger partial charge on any atom is -0.496 e. The topological polar surface area (TPSA) is 90.0 Å². The fourth-order valence-electron chi connectivity index (χ4n) is 6.91. The average Bonchev–Trinajstić information content (AvgIpc) is 3.53. The van der Waals surface area contributed by atoms with Gasteiger partial charge in [-0.05, 0) is 126 Å². The molecule has 1 heterocycles. The van der Waals surface area contributed by atoms with Crippen LogP contribution >= 0.6 is 11.3 Å². The zero-order valence-electron chi connectivity index (χ0n) is 28.1. The van der Waals surface area contributed by atoms with Crippen LogP contribution in [0.25, 0.3) is 10.4 Å². The van der Waals surface area contributed by atoms with Crippen LogP contribution in [0.5, 0.6) is 10.9 Å². The molecule has 0 bridgehead atoms. The molecule has 2 fully saturated rings. The Labute approximate surface area is 277 Å². The van der Waals surface area contributed by atoms with Gasteiger partial charge in [-0.25, -0.2) is 9.78 Å². The summed E-state index contributed by atoms with van der Waals surface area (Å²) in [6.45, 7) is 8.41. The molecule has 9 heteroatoms. The second-order valence-corrected chi connectivity index (χ2v) is 14.8. The van der Waals surface area contributed by atoms with E-state index in [0.717, 1.165) is 73.2 Å². The van der Waals surface area contributed by atoms with Gasteiger partial charge in [-0.3, -0.25) is 4.79 Å². The molecule has 3 aromatic rings. The number of amides is 2. The van der Waals surface area contributed by atoms with E-state index in [0.29, 0.717) is 23.6 Å². The third-order valence-electron chi connectivity index (χ3n) is 9.34. The molecular formula is C37H49N3O5S. The Hall–Kier alpha value is -3.59. The van der Waals surface area contributed by atoms with Crippen LogP contribution in [0.4, 0.5) is 10.5 Å². The molecule has 46 heavy (non-hydrogen) atoms. The van der Waals surface area contributed by atoms with E-state index in [2.05, 4.69) is 58.5 Å². The highest BCUT2D eigenvalue weighted by atomic mass is 32.1. The molecule has 0 aliphatic heterocycles. The summed E-state index contributed by atoms with van der Waals surface area (Å²) in [5, 5.41) is 3.63. The normalized spacial score (nSPS) is 21.7. The number of anilines is 1. The van der Waals surface area contributed by atoms with E-state index in [9.17, 15) is 9.59 Å². The van der Waals surface area contributed by atoms with Crippen molar-refractivity contribution in [2.24, 2.45) is 11.8 Å². The van der Waals surface area contributed by atoms with Crippen LogP contribution < -0.4 is 19.7 Å². The summed E-state index contributed by atoms with van der Waals surface area (Å²) >= 11 is 1.50. The molecule has 1 aromatic heterocycles. The third-order valence-corrected chi connectivity index (χ3v) is 10.4. The molecule has 1 N–H and O–H groups in total. The molecule has 2 saturated carbocycles. The van der Waals surface area contributed by atoms with E-state index in [1.54, 1.807) is 14.2 Å². The molecule has 2 amide bonds.